The van der Waals surface area contributed by atoms with E-state index in [-0.39, 0.29) is 71.9 Å². The summed E-state index contributed by atoms with van der Waals surface area (Å²) >= 11 is 6.45. The Labute approximate surface area is 245 Å². The number of hydrogen-bond donors (Lipinski definition) is 0. The summed E-state index contributed by atoms with van der Waals surface area (Å²) in [7, 11) is 0. The monoisotopic (exact) mass is 552 g/mol. The number of halogens is 2. The molecule has 0 spiro atoms. The van der Waals surface area contributed by atoms with E-state index in [9.17, 15) is 4.79 Å². The van der Waals surface area contributed by atoms with Gasteiger partial charge in [0, 0.05) is 29.9 Å². The summed E-state index contributed by atoms with van der Waals surface area (Å²) in [6.07, 6.45) is 6.22. The molecule has 202 valence electrons. The van der Waals surface area contributed by atoms with Crippen LogP contribution in [0.15, 0.2) is 48.4 Å². The van der Waals surface area contributed by atoms with Crippen LogP contribution in [0.5, 0.6) is 0 Å². The lowest BCUT2D eigenvalue weighted by Gasteiger charge is -2.53. The molecule has 0 N–H and O–H groups in total. The second-order valence-corrected chi connectivity index (χ2v) is 11.9. The zero-order valence-corrected chi connectivity index (χ0v) is 23.2. The fourth-order valence-corrected chi connectivity index (χ4v) is 6.55. The van der Waals surface area contributed by atoms with Crippen molar-refractivity contribution in [3.8, 4) is 0 Å². The maximum absolute atomic E-state index is 12.9. The number of ether oxygens (including phenoxy) is 1. The van der Waals surface area contributed by atoms with E-state index in [1.807, 2.05) is 26.0 Å². The van der Waals surface area contributed by atoms with Crippen molar-refractivity contribution in [2.24, 2.45) is 5.92 Å². The first-order valence-corrected chi connectivity index (χ1v) is 13.6. The van der Waals surface area contributed by atoms with Gasteiger partial charge in [-0.1, -0.05) is 67.1 Å². The van der Waals surface area contributed by atoms with Crippen LogP contribution in [0.25, 0.3) is 0 Å². The molecule has 1 saturated carbocycles. The first-order chi connectivity index (χ1) is 20.6. The van der Waals surface area contributed by atoms with Gasteiger partial charge in [-0.15, -0.1) is 0 Å². The predicted molar refractivity (Wildman–Crippen MR) is 146 cm³/mol. The molecule has 1 heterocycles. The average Bonchev–Trinajstić information content (AvgIpc) is 3.32. The van der Waals surface area contributed by atoms with E-state index in [1.165, 1.54) is 6.42 Å². The Balaban J connectivity index is 0.00000461. The molecule has 5 rings (SSSR count). The third-order valence-electron chi connectivity index (χ3n) is 8.69. The number of fused-ring (bicyclic) bond motifs is 1. The van der Waals surface area contributed by atoms with Gasteiger partial charge in [0.2, 0.25) is 6.73 Å². The standard InChI is InChI=1S/C31H42ClN2O2.ClH/c1-31(2)21-33(16-17-34(31,3)22-36-30(35)18-23-10-6-4-7-11-23)29-20-27(24-12-8-5-9-13-24)26-15-14-25(32)19-28(26)29;/h5,8-9,12-15,19,23,27,29H,4,6-7,10-11,16-18,20-22H2,1-3H3;1H/q+1;/p-1/t27-,29+,34-;/m0./s1/i3D3,5D,8D,9D,12D,13D;. The highest BCUT2D eigenvalue weighted by Crippen LogP contribution is 2.48. The molecule has 3 aliphatic rings. The van der Waals surface area contributed by atoms with Crippen molar-refractivity contribution in [2.45, 2.75) is 76.3 Å². The Morgan fingerprint density at radius 2 is 1.95 bits per heavy atom. The minimum Gasteiger partial charge on any atom is -1.00 e. The maximum Gasteiger partial charge on any atom is 0.310 e. The molecule has 1 aliphatic heterocycles. The molecular formula is C31H42Cl2N2O2. The third-order valence-corrected chi connectivity index (χ3v) is 8.93. The molecule has 0 radical (unpaired) electrons. The van der Waals surface area contributed by atoms with Gasteiger partial charge in [-0.05, 0) is 67.9 Å². The lowest BCUT2D eigenvalue weighted by atomic mass is 9.87. The van der Waals surface area contributed by atoms with Crippen LogP contribution in [-0.4, -0.2) is 54.2 Å². The normalized spacial score (nSPS) is 31.2. The Kier molecular flexibility index (Phi) is 6.13. The molecule has 0 aromatic heterocycles. The van der Waals surface area contributed by atoms with E-state index >= 15 is 0 Å². The minimum atomic E-state index is -2.42. The predicted octanol–water partition coefficient (Wildman–Crippen LogP) is 3.93. The number of benzene rings is 2. The Bertz CT molecular complexity index is 1400. The molecule has 0 amide bonds. The number of hydrogen-bond acceptors (Lipinski definition) is 3. The number of likely N-dealkylation sites (N-methyl/N-ethyl adjacent to an activating group) is 1. The molecule has 1 saturated heterocycles. The first-order valence-electron chi connectivity index (χ1n) is 17.2. The van der Waals surface area contributed by atoms with Crippen molar-refractivity contribution >= 4 is 17.6 Å². The zero-order chi connectivity index (χ0) is 32.2. The second kappa shape index (κ2) is 11.7. The highest BCUT2D eigenvalue weighted by molar-refractivity contribution is 6.30. The number of quaternary nitrogens is 1. The van der Waals surface area contributed by atoms with Gasteiger partial charge in [-0.25, -0.2) is 0 Å². The Morgan fingerprint density at radius 3 is 2.65 bits per heavy atom. The van der Waals surface area contributed by atoms with Crippen molar-refractivity contribution in [3.63, 3.8) is 0 Å². The molecule has 6 heteroatoms. The van der Waals surface area contributed by atoms with E-state index in [2.05, 4.69) is 4.90 Å². The van der Waals surface area contributed by atoms with E-state index < -0.39 is 24.5 Å². The number of carbonyl (C=O) groups excluding carboxylic acids is 1. The lowest BCUT2D eigenvalue weighted by Crippen LogP contribution is -3.00. The van der Waals surface area contributed by atoms with Crippen LogP contribution in [0.3, 0.4) is 0 Å². The second-order valence-electron chi connectivity index (χ2n) is 11.4. The zero-order valence-electron chi connectivity index (χ0n) is 29.7. The van der Waals surface area contributed by atoms with Crippen molar-refractivity contribution in [1.82, 2.24) is 4.90 Å². The van der Waals surface area contributed by atoms with E-state index in [0.29, 0.717) is 36.9 Å². The molecule has 4 nitrogen and oxygen atoms in total. The molecule has 2 aromatic carbocycles. The number of nitrogens with zero attached hydrogens (tertiary/aromatic N) is 2. The fraction of sp³-hybridized carbons (Fsp3) is 0.581. The van der Waals surface area contributed by atoms with Gasteiger partial charge in [0.1, 0.15) is 5.54 Å². The fourth-order valence-electron chi connectivity index (χ4n) is 6.37. The van der Waals surface area contributed by atoms with E-state index in [0.717, 1.165) is 36.8 Å². The van der Waals surface area contributed by atoms with E-state index in [4.69, 9.17) is 27.3 Å². The van der Waals surface area contributed by atoms with Gasteiger partial charge < -0.3 is 17.1 Å². The van der Waals surface area contributed by atoms with Crippen molar-refractivity contribution < 1.29 is 37.4 Å². The van der Waals surface area contributed by atoms with Crippen LogP contribution in [0.4, 0.5) is 0 Å². The van der Waals surface area contributed by atoms with Gasteiger partial charge in [-0.3, -0.25) is 14.2 Å². The summed E-state index contributed by atoms with van der Waals surface area (Å²) in [5.74, 6) is -0.487. The summed E-state index contributed by atoms with van der Waals surface area (Å²) < 4.78 is 72.9. The van der Waals surface area contributed by atoms with Crippen LogP contribution < -0.4 is 12.4 Å². The molecule has 3 atom stereocenters. The number of esters is 1. The van der Waals surface area contributed by atoms with Gasteiger partial charge in [0.25, 0.3) is 0 Å². The summed E-state index contributed by atoms with van der Waals surface area (Å²) in [4.78, 5) is 15.1. The van der Waals surface area contributed by atoms with Crippen LogP contribution in [-0.2, 0) is 9.53 Å². The van der Waals surface area contributed by atoms with Crippen LogP contribution in [0.2, 0.25) is 5.02 Å². The molecule has 2 aromatic rings. The maximum atomic E-state index is 12.9. The molecule has 37 heavy (non-hydrogen) atoms. The van der Waals surface area contributed by atoms with Crippen molar-refractivity contribution in [1.29, 1.82) is 0 Å². The number of piperazine rings is 1. The van der Waals surface area contributed by atoms with Crippen LogP contribution in [0.1, 0.15) is 98.4 Å². The highest BCUT2D eigenvalue weighted by Gasteiger charge is 2.49. The summed E-state index contributed by atoms with van der Waals surface area (Å²) in [5.41, 5.74) is 1.20. The minimum absolute atomic E-state index is 0. The first kappa shape index (κ1) is 19.5. The van der Waals surface area contributed by atoms with Crippen molar-refractivity contribution in [3.05, 3.63) is 70.1 Å². The molecule has 2 fully saturated rings. The average molecular weight is 554 g/mol. The summed E-state index contributed by atoms with van der Waals surface area (Å²) in [5, 5.41) is 0.532. The Hall–Kier alpha value is -1.59. The largest absolute Gasteiger partial charge is 1.00 e. The number of carbonyl (C=O) groups is 1. The smallest absolute Gasteiger partial charge is 0.310 e. The van der Waals surface area contributed by atoms with Gasteiger partial charge in [0.15, 0.2) is 0 Å². The molecule has 0 bridgehead atoms. The van der Waals surface area contributed by atoms with Crippen LogP contribution >= 0.6 is 11.6 Å². The highest BCUT2D eigenvalue weighted by atomic mass is 35.5. The summed E-state index contributed by atoms with van der Waals surface area (Å²) in [6.45, 7) is 2.18. The Morgan fingerprint density at radius 1 is 1.19 bits per heavy atom. The summed E-state index contributed by atoms with van der Waals surface area (Å²) in [6, 6.07) is 3.70. The quantitative estimate of drug-likeness (QED) is 0.401. The molecule has 2 aliphatic carbocycles. The topological polar surface area (TPSA) is 29.5 Å². The molecule has 0 unspecified atom stereocenters. The number of rotatable bonds is 6. The van der Waals surface area contributed by atoms with Gasteiger partial charge in [-0.2, -0.15) is 0 Å². The van der Waals surface area contributed by atoms with E-state index in [1.54, 1.807) is 6.07 Å². The lowest BCUT2D eigenvalue weighted by molar-refractivity contribution is -0.974. The van der Waals surface area contributed by atoms with Crippen molar-refractivity contribution in [2.75, 3.05) is 33.3 Å². The molecular weight excluding hydrogens is 503 g/mol. The van der Waals surface area contributed by atoms with Gasteiger partial charge >= 0.3 is 5.97 Å². The SMILES string of the molecule is [2H]c1c([2H])c([2H])c([C@@H]2C[C@@H](N3CC[N@+](COC(=O)CC4CCCCC4)(C([2H])([2H])[2H])C(C)(C)C3)c3cc(Cl)ccc32)c([2H])c1[2H].[Cl-]. The van der Waals surface area contributed by atoms with Crippen LogP contribution in [0, 0.1) is 5.92 Å². The third kappa shape index (κ3) is 6.03. The van der Waals surface area contributed by atoms with Gasteiger partial charge in [0.05, 0.1) is 31.0 Å².